The van der Waals surface area contributed by atoms with E-state index in [4.69, 9.17) is 14.2 Å². The summed E-state index contributed by atoms with van der Waals surface area (Å²) in [6.45, 7) is 7.70. The summed E-state index contributed by atoms with van der Waals surface area (Å²) in [4.78, 5) is 24.2. The van der Waals surface area contributed by atoms with Crippen LogP contribution in [0.15, 0.2) is 18.2 Å². The number of amides is 2. The van der Waals surface area contributed by atoms with Gasteiger partial charge in [-0.25, -0.2) is 9.59 Å². The first-order valence-corrected chi connectivity index (χ1v) is 10.9. The molecule has 2 amide bonds. The third kappa shape index (κ3) is 5.18. The monoisotopic (exact) mass is 443 g/mol. The summed E-state index contributed by atoms with van der Waals surface area (Å²) in [7, 11) is 3.61. The van der Waals surface area contributed by atoms with Crippen LogP contribution < -0.4 is 15.4 Å². The molecule has 1 aromatic carbocycles. The molecule has 0 saturated heterocycles. The molecule has 0 unspecified atom stereocenters. The quantitative estimate of drug-likeness (QED) is 0.673. The number of hydrogen-bond acceptors (Lipinski definition) is 5. The van der Waals surface area contributed by atoms with E-state index in [1.165, 1.54) is 5.56 Å². The highest BCUT2D eigenvalue weighted by Gasteiger charge is 2.28. The van der Waals surface area contributed by atoms with Crippen LogP contribution in [0.3, 0.4) is 0 Å². The molecule has 1 aliphatic rings. The van der Waals surface area contributed by atoms with E-state index in [-0.39, 0.29) is 25.3 Å². The summed E-state index contributed by atoms with van der Waals surface area (Å²) in [5.41, 5.74) is 6.19. The summed E-state index contributed by atoms with van der Waals surface area (Å²) < 4.78 is 18.4. The fourth-order valence-corrected chi connectivity index (χ4v) is 4.04. The van der Waals surface area contributed by atoms with Gasteiger partial charge in [-0.05, 0) is 69.9 Å². The number of nitrogens with zero attached hydrogens (tertiary/aromatic N) is 1. The Bertz CT molecular complexity index is 994. The van der Waals surface area contributed by atoms with Crippen molar-refractivity contribution in [1.82, 2.24) is 15.2 Å². The van der Waals surface area contributed by atoms with E-state index in [2.05, 4.69) is 22.8 Å². The summed E-state index contributed by atoms with van der Waals surface area (Å²) >= 11 is 0. The van der Waals surface area contributed by atoms with Gasteiger partial charge in [0.1, 0.15) is 19.0 Å². The van der Waals surface area contributed by atoms with Crippen molar-refractivity contribution < 1.29 is 23.8 Å². The molecule has 0 atom stereocenters. The van der Waals surface area contributed by atoms with Gasteiger partial charge in [-0.3, -0.25) is 0 Å². The second-order valence-corrected chi connectivity index (χ2v) is 8.58. The van der Waals surface area contributed by atoms with E-state index >= 15 is 0 Å². The van der Waals surface area contributed by atoms with Gasteiger partial charge in [0.25, 0.3) is 0 Å². The van der Waals surface area contributed by atoms with Crippen LogP contribution in [0.5, 0.6) is 5.75 Å². The SMILES string of the molecule is COc1ccc2c(c1)CCc1c(COC(=O)NC(C)C)c(COC(=O)NC(C)C)n(C)c1-2. The smallest absolute Gasteiger partial charge is 0.407 e. The van der Waals surface area contributed by atoms with E-state index in [9.17, 15) is 9.59 Å². The Morgan fingerprint density at radius 3 is 2.22 bits per heavy atom. The Labute approximate surface area is 189 Å². The molecule has 8 heteroatoms. The second kappa shape index (κ2) is 9.97. The van der Waals surface area contributed by atoms with Gasteiger partial charge in [-0.2, -0.15) is 0 Å². The summed E-state index contributed by atoms with van der Waals surface area (Å²) in [5, 5.41) is 5.48. The number of rotatable bonds is 7. The van der Waals surface area contributed by atoms with Crippen LogP contribution in [0, 0.1) is 0 Å². The van der Waals surface area contributed by atoms with Crippen molar-refractivity contribution in [3.8, 4) is 17.0 Å². The molecule has 8 nitrogen and oxygen atoms in total. The van der Waals surface area contributed by atoms with Gasteiger partial charge in [0, 0.05) is 30.3 Å². The van der Waals surface area contributed by atoms with Crippen LogP contribution in [-0.4, -0.2) is 35.9 Å². The molecule has 0 radical (unpaired) electrons. The molecule has 0 saturated carbocycles. The third-order valence-corrected chi connectivity index (χ3v) is 5.45. The van der Waals surface area contributed by atoms with Crippen molar-refractivity contribution in [3.63, 3.8) is 0 Å². The van der Waals surface area contributed by atoms with E-state index < -0.39 is 12.2 Å². The molecule has 0 aliphatic heterocycles. The number of benzene rings is 1. The van der Waals surface area contributed by atoms with Gasteiger partial charge in [-0.1, -0.05) is 0 Å². The standard InChI is InChI=1S/C24H33N3O5/c1-14(2)25-23(28)31-12-20-19-9-7-16-11-17(30-6)8-10-18(16)22(19)27(5)21(20)13-32-24(29)26-15(3)4/h8,10-11,14-15H,7,9,12-13H2,1-6H3,(H,25,28)(H,26,29). The van der Waals surface area contributed by atoms with E-state index in [0.29, 0.717) is 0 Å². The Morgan fingerprint density at radius 2 is 1.62 bits per heavy atom. The highest BCUT2D eigenvalue weighted by molar-refractivity contribution is 5.75. The number of carbonyl (C=O) groups excluding carboxylic acids is 2. The van der Waals surface area contributed by atoms with Gasteiger partial charge in [-0.15, -0.1) is 0 Å². The van der Waals surface area contributed by atoms with Crippen LogP contribution in [0.4, 0.5) is 9.59 Å². The lowest BCUT2D eigenvalue weighted by Crippen LogP contribution is -2.31. The first kappa shape index (κ1) is 23.5. The predicted octanol–water partition coefficient (Wildman–Crippen LogP) is 4.07. The molecule has 32 heavy (non-hydrogen) atoms. The molecule has 2 aromatic rings. The number of methoxy groups -OCH3 is 1. The maximum absolute atomic E-state index is 12.1. The lowest BCUT2D eigenvalue weighted by atomic mass is 9.88. The van der Waals surface area contributed by atoms with E-state index in [0.717, 1.165) is 46.7 Å². The highest BCUT2D eigenvalue weighted by Crippen LogP contribution is 2.40. The van der Waals surface area contributed by atoms with Crippen molar-refractivity contribution in [2.24, 2.45) is 7.05 Å². The van der Waals surface area contributed by atoms with Crippen molar-refractivity contribution in [2.45, 2.75) is 65.8 Å². The molecular weight excluding hydrogens is 410 g/mol. The molecule has 2 N–H and O–H groups in total. The molecule has 0 fully saturated rings. The topological polar surface area (TPSA) is 90.8 Å². The highest BCUT2D eigenvalue weighted by atomic mass is 16.6. The maximum Gasteiger partial charge on any atom is 0.407 e. The Balaban J connectivity index is 1.96. The zero-order chi connectivity index (χ0) is 23.4. The van der Waals surface area contributed by atoms with Crippen molar-refractivity contribution >= 4 is 12.2 Å². The van der Waals surface area contributed by atoms with Gasteiger partial charge in [0.05, 0.1) is 18.5 Å². The number of hydrogen-bond donors (Lipinski definition) is 2. The van der Waals surface area contributed by atoms with Gasteiger partial charge >= 0.3 is 12.2 Å². The molecule has 1 heterocycles. The predicted molar refractivity (Wildman–Crippen MR) is 122 cm³/mol. The molecular formula is C24H33N3O5. The molecule has 174 valence electrons. The molecule has 1 aliphatic carbocycles. The van der Waals surface area contributed by atoms with Crippen LogP contribution in [0.25, 0.3) is 11.3 Å². The number of aromatic nitrogens is 1. The van der Waals surface area contributed by atoms with Gasteiger partial charge in [0.2, 0.25) is 0 Å². The molecule has 0 spiro atoms. The van der Waals surface area contributed by atoms with E-state index in [1.807, 2.05) is 45.4 Å². The minimum absolute atomic E-state index is 0.0171. The average Bonchev–Trinajstić information content (AvgIpc) is 3.00. The fourth-order valence-electron chi connectivity index (χ4n) is 4.04. The number of ether oxygens (including phenoxy) is 3. The molecule has 1 aromatic heterocycles. The van der Waals surface area contributed by atoms with Crippen molar-refractivity contribution in [2.75, 3.05) is 7.11 Å². The number of aryl methyl sites for hydroxylation is 1. The Kier molecular flexibility index (Phi) is 7.33. The van der Waals surface area contributed by atoms with Crippen molar-refractivity contribution in [1.29, 1.82) is 0 Å². The lowest BCUT2D eigenvalue weighted by molar-refractivity contribution is 0.127. The Morgan fingerprint density at radius 1 is 1.00 bits per heavy atom. The molecule has 3 rings (SSSR count). The second-order valence-electron chi connectivity index (χ2n) is 8.58. The first-order valence-electron chi connectivity index (χ1n) is 10.9. The summed E-state index contributed by atoms with van der Waals surface area (Å²) in [5.74, 6) is 0.823. The minimum Gasteiger partial charge on any atom is -0.497 e. The fraction of sp³-hybridized carbons (Fsp3) is 0.500. The number of nitrogens with one attached hydrogen (secondary N) is 2. The maximum atomic E-state index is 12.1. The van der Waals surface area contributed by atoms with Crippen LogP contribution in [0.1, 0.15) is 50.1 Å². The number of fused-ring (bicyclic) bond motifs is 3. The van der Waals surface area contributed by atoms with Gasteiger partial charge in [0.15, 0.2) is 0 Å². The van der Waals surface area contributed by atoms with Crippen LogP contribution in [0.2, 0.25) is 0 Å². The summed E-state index contributed by atoms with van der Waals surface area (Å²) in [6.07, 6.45) is 0.700. The largest absolute Gasteiger partial charge is 0.497 e. The zero-order valence-electron chi connectivity index (χ0n) is 19.7. The van der Waals surface area contributed by atoms with Crippen LogP contribution >= 0.6 is 0 Å². The average molecular weight is 444 g/mol. The molecule has 0 bridgehead atoms. The minimum atomic E-state index is -0.478. The third-order valence-electron chi connectivity index (χ3n) is 5.45. The number of carbonyl (C=O) groups is 2. The zero-order valence-corrected chi connectivity index (χ0v) is 19.7. The lowest BCUT2D eigenvalue weighted by Gasteiger charge is -2.20. The normalized spacial score (nSPS) is 12.2. The Hall–Kier alpha value is -3.16. The summed E-state index contributed by atoms with van der Waals surface area (Å²) in [6, 6.07) is 6.02. The first-order chi connectivity index (χ1) is 15.2. The van der Waals surface area contributed by atoms with E-state index in [1.54, 1.807) is 7.11 Å². The van der Waals surface area contributed by atoms with Crippen molar-refractivity contribution in [3.05, 3.63) is 40.6 Å². The van der Waals surface area contributed by atoms with Gasteiger partial charge < -0.3 is 29.4 Å². The number of alkyl carbamates (subject to hydrolysis) is 2. The van der Waals surface area contributed by atoms with Crippen LogP contribution in [-0.2, 0) is 42.6 Å².